The number of nitrogens with zero attached hydrogens (tertiary/aromatic N) is 1. The third-order valence-electron chi connectivity index (χ3n) is 2.11. The molecule has 1 N–H and O–H groups in total. The zero-order chi connectivity index (χ0) is 10.4. The number of rotatable bonds is 5. The Morgan fingerprint density at radius 2 is 2.36 bits per heavy atom. The number of aryl methyl sites for hydroxylation is 1. The Hall–Kier alpha value is -1.15. The Morgan fingerprint density at radius 3 is 3.00 bits per heavy atom. The molecule has 0 aliphatic rings. The van der Waals surface area contributed by atoms with Crippen LogP contribution in [0.3, 0.4) is 0 Å². The summed E-state index contributed by atoms with van der Waals surface area (Å²) in [7, 11) is 0. The lowest BCUT2D eigenvalue weighted by molar-refractivity contribution is 0.553. The first kappa shape index (κ1) is 10.9. The van der Waals surface area contributed by atoms with Gasteiger partial charge in [-0.05, 0) is 31.4 Å². The number of hydrogen-bond donors (Lipinski definition) is 1. The van der Waals surface area contributed by atoms with Crippen LogP contribution >= 0.6 is 0 Å². The maximum absolute atomic E-state index is 4.15. The summed E-state index contributed by atoms with van der Waals surface area (Å²) in [6, 6.07) is 2.63. The molecule has 1 aromatic heterocycles. The van der Waals surface area contributed by atoms with E-state index in [1.54, 1.807) is 0 Å². The monoisotopic (exact) mass is 190 g/mol. The molecule has 0 saturated carbocycles. The summed E-state index contributed by atoms with van der Waals surface area (Å²) in [6.07, 6.45) is 6.71. The van der Waals surface area contributed by atoms with Crippen molar-refractivity contribution in [3.63, 3.8) is 0 Å². The van der Waals surface area contributed by atoms with Gasteiger partial charge in [-0.25, -0.2) is 0 Å². The maximum atomic E-state index is 4.15. The minimum Gasteiger partial charge on any atom is -0.310 e. The van der Waals surface area contributed by atoms with Crippen molar-refractivity contribution in [3.05, 3.63) is 42.2 Å². The van der Waals surface area contributed by atoms with Gasteiger partial charge in [-0.15, -0.1) is 6.58 Å². The van der Waals surface area contributed by atoms with Gasteiger partial charge < -0.3 is 5.32 Å². The lowest BCUT2D eigenvalue weighted by atomic mass is 10.2. The van der Waals surface area contributed by atoms with Crippen LogP contribution in [0.1, 0.15) is 24.5 Å². The van der Waals surface area contributed by atoms with Gasteiger partial charge in [-0.3, -0.25) is 4.98 Å². The summed E-state index contributed by atoms with van der Waals surface area (Å²) in [5.41, 5.74) is 2.45. The summed E-state index contributed by atoms with van der Waals surface area (Å²) in [5, 5.41) is 3.42. The van der Waals surface area contributed by atoms with Crippen molar-refractivity contribution in [1.29, 1.82) is 0 Å². The van der Waals surface area contributed by atoms with E-state index in [9.17, 15) is 0 Å². The first-order chi connectivity index (χ1) is 6.72. The predicted molar refractivity (Wildman–Crippen MR) is 60.1 cm³/mol. The quantitative estimate of drug-likeness (QED) is 0.721. The van der Waals surface area contributed by atoms with Crippen molar-refractivity contribution in [2.24, 2.45) is 0 Å². The Bertz CT molecular complexity index is 294. The highest BCUT2D eigenvalue weighted by atomic mass is 14.9. The molecule has 1 rings (SSSR count). The van der Waals surface area contributed by atoms with E-state index < -0.39 is 0 Å². The molecule has 0 aliphatic carbocycles. The van der Waals surface area contributed by atoms with Gasteiger partial charge in [0, 0.05) is 25.0 Å². The first-order valence-electron chi connectivity index (χ1n) is 4.97. The summed E-state index contributed by atoms with van der Waals surface area (Å²) in [4.78, 5) is 4.15. The van der Waals surface area contributed by atoms with E-state index in [4.69, 9.17) is 0 Å². The molecule has 2 heteroatoms. The van der Waals surface area contributed by atoms with E-state index in [1.165, 1.54) is 11.1 Å². The van der Waals surface area contributed by atoms with Gasteiger partial charge in [0.25, 0.3) is 0 Å². The molecule has 0 aliphatic heterocycles. The number of pyridine rings is 1. The Kier molecular flexibility index (Phi) is 4.33. The van der Waals surface area contributed by atoms with Gasteiger partial charge in [0.2, 0.25) is 0 Å². The molecule has 0 fully saturated rings. The molecule has 0 amide bonds. The van der Waals surface area contributed by atoms with Gasteiger partial charge in [0.15, 0.2) is 0 Å². The molecule has 1 aromatic rings. The molecule has 0 aromatic carbocycles. The zero-order valence-corrected chi connectivity index (χ0v) is 8.96. The highest BCUT2D eigenvalue weighted by Gasteiger charge is 1.98. The highest BCUT2D eigenvalue weighted by molar-refractivity contribution is 5.16. The molecule has 0 radical (unpaired) electrons. The highest BCUT2D eigenvalue weighted by Crippen LogP contribution is 2.01. The van der Waals surface area contributed by atoms with Crippen LogP contribution in [0.4, 0.5) is 0 Å². The Morgan fingerprint density at radius 1 is 1.57 bits per heavy atom. The van der Waals surface area contributed by atoms with E-state index in [1.807, 2.05) is 18.5 Å². The molecule has 1 heterocycles. The fourth-order valence-corrected chi connectivity index (χ4v) is 1.34. The number of nitrogens with one attached hydrogen (secondary N) is 1. The minimum absolute atomic E-state index is 0.480. The molecule has 1 atom stereocenters. The smallest absolute Gasteiger partial charge is 0.0313 e. The molecule has 2 nitrogen and oxygen atoms in total. The average molecular weight is 190 g/mol. The molecule has 0 saturated heterocycles. The first-order valence-corrected chi connectivity index (χ1v) is 4.97. The average Bonchev–Trinajstić information content (AvgIpc) is 2.15. The van der Waals surface area contributed by atoms with Crippen molar-refractivity contribution >= 4 is 0 Å². The second kappa shape index (κ2) is 5.55. The molecule has 76 valence electrons. The van der Waals surface area contributed by atoms with Crippen molar-refractivity contribution < 1.29 is 0 Å². The minimum atomic E-state index is 0.480. The third kappa shape index (κ3) is 3.71. The lowest BCUT2D eigenvalue weighted by Crippen LogP contribution is -2.24. The topological polar surface area (TPSA) is 24.9 Å². The van der Waals surface area contributed by atoms with E-state index in [0.717, 1.165) is 13.0 Å². The largest absolute Gasteiger partial charge is 0.310 e. The van der Waals surface area contributed by atoms with Crippen LogP contribution in [-0.4, -0.2) is 11.0 Å². The van der Waals surface area contributed by atoms with Gasteiger partial charge in [-0.2, -0.15) is 0 Å². The standard InChI is InChI=1S/C12H18N2/c1-4-5-11(3)14-9-12-6-10(2)7-13-8-12/h4,6-8,11,14H,1,5,9H2,2-3H3. The van der Waals surface area contributed by atoms with E-state index >= 15 is 0 Å². The third-order valence-corrected chi connectivity index (χ3v) is 2.11. The van der Waals surface area contributed by atoms with Crippen LogP contribution < -0.4 is 5.32 Å². The maximum Gasteiger partial charge on any atom is 0.0313 e. The molecule has 14 heavy (non-hydrogen) atoms. The van der Waals surface area contributed by atoms with Crippen molar-refractivity contribution in [3.8, 4) is 0 Å². The lowest BCUT2D eigenvalue weighted by Gasteiger charge is -2.11. The second-order valence-electron chi connectivity index (χ2n) is 3.68. The van der Waals surface area contributed by atoms with Crippen molar-refractivity contribution in [2.75, 3.05) is 0 Å². The van der Waals surface area contributed by atoms with Gasteiger partial charge in [-0.1, -0.05) is 12.1 Å². The fraction of sp³-hybridized carbons (Fsp3) is 0.417. The molecule has 0 bridgehead atoms. The van der Waals surface area contributed by atoms with Crippen LogP contribution in [0.5, 0.6) is 0 Å². The van der Waals surface area contributed by atoms with E-state index in [0.29, 0.717) is 6.04 Å². The van der Waals surface area contributed by atoms with Gasteiger partial charge in [0.1, 0.15) is 0 Å². The number of hydrogen-bond acceptors (Lipinski definition) is 2. The zero-order valence-electron chi connectivity index (χ0n) is 8.96. The van der Waals surface area contributed by atoms with Crippen LogP contribution in [0, 0.1) is 6.92 Å². The summed E-state index contributed by atoms with van der Waals surface area (Å²) < 4.78 is 0. The molecular formula is C12H18N2. The van der Waals surface area contributed by atoms with Crippen molar-refractivity contribution in [1.82, 2.24) is 10.3 Å². The summed E-state index contributed by atoms with van der Waals surface area (Å²) in [5.74, 6) is 0. The SMILES string of the molecule is C=CCC(C)NCc1cncc(C)c1. The van der Waals surface area contributed by atoms with Gasteiger partial charge >= 0.3 is 0 Å². The second-order valence-corrected chi connectivity index (χ2v) is 3.68. The molecular weight excluding hydrogens is 172 g/mol. The Labute approximate surface area is 86.1 Å². The molecule has 0 spiro atoms. The van der Waals surface area contributed by atoms with Crippen LogP contribution in [-0.2, 0) is 6.54 Å². The van der Waals surface area contributed by atoms with E-state index in [2.05, 4.69) is 36.8 Å². The summed E-state index contributed by atoms with van der Waals surface area (Å²) in [6.45, 7) is 8.81. The fourth-order valence-electron chi connectivity index (χ4n) is 1.34. The predicted octanol–water partition coefficient (Wildman–Crippen LogP) is 2.44. The normalized spacial score (nSPS) is 12.4. The van der Waals surface area contributed by atoms with Gasteiger partial charge in [0.05, 0.1) is 0 Å². The Balaban J connectivity index is 2.41. The van der Waals surface area contributed by atoms with Crippen molar-refractivity contribution in [2.45, 2.75) is 32.9 Å². The summed E-state index contributed by atoms with van der Waals surface area (Å²) >= 11 is 0. The van der Waals surface area contributed by atoms with Crippen LogP contribution in [0.2, 0.25) is 0 Å². The van der Waals surface area contributed by atoms with E-state index in [-0.39, 0.29) is 0 Å². The molecule has 1 unspecified atom stereocenters. The van der Waals surface area contributed by atoms with Crippen LogP contribution in [0.15, 0.2) is 31.1 Å². The van der Waals surface area contributed by atoms with Crippen LogP contribution in [0.25, 0.3) is 0 Å². The number of aromatic nitrogens is 1.